The van der Waals surface area contributed by atoms with E-state index in [1.807, 2.05) is 0 Å². The molecule has 1 rings (SSSR count). The van der Waals surface area contributed by atoms with Crippen LogP contribution < -0.4 is 10.6 Å². The summed E-state index contributed by atoms with van der Waals surface area (Å²) in [7, 11) is 0. The molecule has 3 heteroatoms. The third-order valence-electron chi connectivity index (χ3n) is 1.86. The van der Waals surface area contributed by atoms with E-state index in [2.05, 4.69) is 31.4 Å². The van der Waals surface area contributed by atoms with Crippen LogP contribution in [0.25, 0.3) is 0 Å². The molecule has 0 atom stereocenters. The number of rotatable bonds is 0. The van der Waals surface area contributed by atoms with Crippen LogP contribution in [0.4, 0.5) is 0 Å². The first-order valence-electron chi connectivity index (χ1n) is 3.87. The second-order valence-electron chi connectivity index (χ2n) is 3.90. The Morgan fingerprint density at radius 3 is 2.64 bits per heavy atom. The zero-order chi connectivity index (χ0) is 7.61. The minimum absolute atomic E-state index is 0. The monoisotopic (exact) mass is 193 g/mol. The Labute approximate surface area is 80.3 Å². The summed E-state index contributed by atoms with van der Waals surface area (Å²) in [6.07, 6.45) is 1.18. The molecule has 66 valence electrons. The van der Waals surface area contributed by atoms with Crippen LogP contribution in [0.1, 0.15) is 27.2 Å². The summed E-state index contributed by atoms with van der Waals surface area (Å²) in [6.45, 7) is 8.77. The van der Waals surface area contributed by atoms with Crippen molar-refractivity contribution in [3.05, 3.63) is 6.04 Å². The number of hydrogen-bond acceptors (Lipinski definition) is 2. The van der Waals surface area contributed by atoms with Gasteiger partial charge in [-0.3, -0.25) is 6.04 Å². The van der Waals surface area contributed by atoms with Gasteiger partial charge in [0.25, 0.3) is 0 Å². The molecule has 2 nitrogen and oxygen atoms in total. The van der Waals surface area contributed by atoms with Crippen molar-refractivity contribution in [2.45, 2.75) is 27.2 Å². The molecule has 0 unspecified atom stereocenters. The molecule has 1 heterocycles. The van der Waals surface area contributed by atoms with Crippen LogP contribution in [0.3, 0.4) is 0 Å². The van der Waals surface area contributed by atoms with Gasteiger partial charge in [0.1, 0.15) is 0 Å². The fraction of sp³-hybridized carbons (Fsp3) is 0.875. The van der Waals surface area contributed by atoms with Gasteiger partial charge in [-0.1, -0.05) is 13.8 Å². The third-order valence-corrected chi connectivity index (χ3v) is 1.86. The quantitative estimate of drug-likeness (QED) is 0.563. The van der Waals surface area contributed by atoms with Crippen molar-refractivity contribution in [2.75, 3.05) is 13.2 Å². The standard InChI is InChI=1S/C8H17N2.Cr/c1-7-4-8(2,3)5-9-6-10-7;/h9-10H,4-6H2,1-3H3;/q-1;. The van der Waals surface area contributed by atoms with Gasteiger partial charge in [-0.15, -0.1) is 0 Å². The van der Waals surface area contributed by atoms with Crippen LogP contribution in [0.5, 0.6) is 0 Å². The molecule has 0 amide bonds. The van der Waals surface area contributed by atoms with Gasteiger partial charge in [-0.25, -0.2) is 0 Å². The largest absolute Gasteiger partial charge is 0.455 e. The molecule has 0 radical (unpaired) electrons. The summed E-state index contributed by atoms with van der Waals surface area (Å²) in [5.41, 5.74) is 0.424. The molecule has 1 saturated heterocycles. The van der Waals surface area contributed by atoms with Crippen LogP contribution in [-0.4, -0.2) is 13.2 Å². The first-order chi connectivity index (χ1) is 4.60. The molecule has 0 bridgehead atoms. The van der Waals surface area contributed by atoms with Crippen LogP contribution in [-0.2, 0) is 17.4 Å². The van der Waals surface area contributed by atoms with Crippen molar-refractivity contribution >= 4 is 0 Å². The maximum atomic E-state index is 3.34. The minimum Gasteiger partial charge on any atom is -0.455 e. The van der Waals surface area contributed by atoms with E-state index in [4.69, 9.17) is 0 Å². The molecule has 1 fully saturated rings. The minimum atomic E-state index is 0. The summed E-state index contributed by atoms with van der Waals surface area (Å²) >= 11 is 0. The smallest absolute Gasteiger partial charge is 0.0185 e. The van der Waals surface area contributed by atoms with Gasteiger partial charge in [0.15, 0.2) is 0 Å². The molecule has 0 saturated carbocycles. The fourth-order valence-corrected chi connectivity index (χ4v) is 1.46. The Bertz CT molecular complexity index is 115. The summed E-state index contributed by atoms with van der Waals surface area (Å²) in [5.74, 6) is 0. The molecule has 0 aromatic heterocycles. The van der Waals surface area contributed by atoms with Crippen LogP contribution in [0, 0.1) is 11.5 Å². The SMILES string of the molecule is C[C-]1CC(C)(C)CNCN1.[Cr]. The molecule has 0 aromatic carbocycles. The molecule has 11 heavy (non-hydrogen) atoms. The first-order valence-corrected chi connectivity index (χ1v) is 3.87. The predicted molar refractivity (Wildman–Crippen MR) is 43.3 cm³/mol. The summed E-state index contributed by atoms with van der Waals surface area (Å²) in [5, 5.41) is 6.64. The zero-order valence-corrected chi connectivity index (χ0v) is 8.80. The third kappa shape index (κ3) is 4.13. The molecule has 1 aliphatic rings. The molecule has 1 aliphatic heterocycles. The Morgan fingerprint density at radius 2 is 2.00 bits per heavy atom. The Balaban J connectivity index is 0.000001000. The van der Waals surface area contributed by atoms with Crippen LogP contribution >= 0.6 is 0 Å². The number of nitrogens with one attached hydrogen (secondary N) is 2. The molecular formula is C8H17CrN2-. The van der Waals surface area contributed by atoms with E-state index in [0.29, 0.717) is 5.41 Å². The van der Waals surface area contributed by atoms with E-state index in [-0.39, 0.29) is 17.4 Å². The Hall–Kier alpha value is 0.452. The van der Waals surface area contributed by atoms with E-state index in [0.717, 1.165) is 13.2 Å². The maximum absolute atomic E-state index is 3.34. The Morgan fingerprint density at radius 1 is 1.36 bits per heavy atom. The van der Waals surface area contributed by atoms with Gasteiger partial charge in [-0.2, -0.15) is 13.3 Å². The normalized spacial score (nSPS) is 25.4. The van der Waals surface area contributed by atoms with Gasteiger partial charge >= 0.3 is 0 Å². The van der Waals surface area contributed by atoms with Crippen LogP contribution in [0.15, 0.2) is 0 Å². The van der Waals surface area contributed by atoms with Crippen molar-refractivity contribution in [3.8, 4) is 0 Å². The molecule has 0 aliphatic carbocycles. The second-order valence-corrected chi connectivity index (χ2v) is 3.90. The molecule has 0 spiro atoms. The second kappa shape index (κ2) is 4.47. The van der Waals surface area contributed by atoms with Crippen molar-refractivity contribution < 1.29 is 17.4 Å². The van der Waals surface area contributed by atoms with Gasteiger partial charge in [0.2, 0.25) is 0 Å². The summed E-state index contributed by atoms with van der Waals surface area (Å²) < 4.78 is 0. The van der Waals surface area contributed by atoms with E-state index in [9.17, 15) is 0 Å². The topological polar surface area (TPSA) is 24.1 Å². The van der Waals surface area contributed by atoms with Gasteiger partial charge in [0, 0.05) is 24.0 Å². The Kier molecular flexibility index (Phi) is 4.66. The average molecular weight is 193 g/mol. The van der Waals surface area contributed by atoms with Crippen molar-refractivity contribution in [2.24, 2.45) is 5.41 Å². The summed E-state index contributed by atoms with van der Waals surface area (Å²) in [4.78, 5) is 0. The van der Waals surface area contributed by atoms with Gasteiger partial charge < -0.3 is 10.6 Å². The van der Waals surface area contributed by atoms with Crippen molar-refractivity contribution in [3.63, 3.8) is 0 Å². The van der Waals surface area contributed by atoms with Crippen molar-refractivity contribution in [1.82, 2.24) is 10.6 Å². The van der Waals surface area contributed by atoms with Crippen molar-refractivity contribution in [1.29, 1.82) is 0 Å². The van der Waals surface area contributed by atoms with E-state index in [1.165, 1.54) is 12.5 Å². The molecular weight excluding hydrogens is 176 g/mol. The maximum Gasteiger partial charge on any atom is 0.0185 e. The number of hydrogen-bond donors (Lipinski definition) is 2. The zero-order valence-electron chi connectivity index (χ0n) is 7.53. The van der Waals surface area contributed by atoms with Gasteiger partial charge in [0.05, 0.1) is 0 Å². The average Bonchev–Trinajstić information content (AvgIpc) is 1.90. The first kappa shape index (κ1) is 11.5. The fourth-order valence-electron chi connectivity index (χ4n) is 1.46. The van der Waals surface area contributed by atoms with Crippen LogP contribution in [0.2, 0.25) is 0 Å². The molecule has 2 N–H and O–H groups in total. The summed E-state index contributed by atoms with van der Waals surface area (Å²) in [6, 6.07) is 1.40. The van der Waals surface area contributed by atoms with E-state index < -0.39 is 0 Å². The van der Waals surface area contributed by atoms with E-state index >= 15 is 0 Å². The van der Waals surface area contributed by atoms with Gasteiger partial charge in [-0.05, 0) is 12.0 Å². The predicted octanol–water partition coefficient (Wildman–Crippen LogP) is 1.10. The van der Waals surface area contributed by atoms with E-state index in [1.54, 1.807) is 0 Å². The molecule has 0 aromatic rings.